The third kappa shape index (κ3) is 3.86. The molecule has 1 aliphatic heterocycles. The lowest BCUT2D eigenvalue weighted by Gasteiger charge is -2.30. The van der Waals surface area contributed by atoms with Gasteiger partial charge in [0.1, 0.15) is 18.1 Å². The van der Waals surface area contributed by atoms with Crippen molar-refractivity contribution in [3.63, 3.8) is 0 Å². The van der Waals surface area contributed by atoms with Gasteiger partial charge in [-0.15, -0.1) is 0 Å². The maximum atomic E-state index is 11.5. The van der Waals surface area contributed by atoms with Crippen molar-refractivity contribution in [2.45, 2.75) is 26.4 Å². The first-order chi connectivity index (χ1) is 13.1. The van der Waals surface area contributed by atoms with E-state index in [-0.39, 0.29) is 0 Å². The van der Waals surface area contributed by atoms with Gasteiger partial charge in [-0.3, -0.25) is 9.78 Å². The number of nitrogens with two attached hydrogens (primary N) is 1. The van der Waals surface area contributed by atoms with E-state index in [9.17, 15) is 4.79 Å². The number of ether oxygens (including phenoxy) is 1. The molecule has 1 aliphatic carbocycles. The summed E-state index contributed by atoms with van der Waals surface area (Å²) in [5, 5.41) is 4.14. The third-order valence-electron chi connectivity index (χ3n) is 4.85. The van der Waals surface area contributed by atoms with E-state index >= 15 is 0 Å². The van der Waals surface area contributed by atoms with Crippen LogP contribution in [-0.2, 0) is 16.1 Å². The molecule has 1 amide bonds. The van der Waals surface area contributed by atoms with E-state index in [4.69, 9.17) is 15.0 Å². The van der Waals surface area contributed by atoms with Gasteiger partial charge in [-0.25, -0.2) is 0 Å². The molecule has 0 aromatic carbocycles. The molecule has 2 aliphatic rings. The minimum absolute atomic E-state index is 0.313. The molecule has 0 spiro atoms. The molecule has 4 rings (SSSR count). The largest absolute Gasteiger partial charge is 0.474 e. The van der Waals surface area contributed by atoms with E-state index in [1.807, 2.05) is 31.2 Å². The van der Waals surface area contributed by atoms with Crippen LogP contribution in [0.5, 0.6) is 0 Å². The van der Waals surface area contributed by atoms with Crippen LogP contribution in [0.4, 0.5) is 0 Å². The molecule has 7 nitrogen and oxygen atoms in total. The Morgan fingerprint density at radius 3 is 2.93 bits per heavy atom. The number of rotatable bonds is 7. The van der Waals surface area contributed by atoms with Crippen LogP contribution < -0.4 is 5.73 Å². The number of amides is 1. The first-order valence-corrected chi connectivity index (χ1v) is 9.06. The number of aryl methyl sites for hydroxylation is 1. The van der Waals surface area contributed by atoms with Crippen molar-refractivity contribution < 1.29 is 14.1 Å². The highest BCUT2D eigenvalue weighted by atomic mass is 16.5. The fourth-order valence-corrected chi connectivity index (χ4v) is 3.09. The Labute approximate surface area is 157 Å². The monoisotopic (exact) mass is 366 g/mol. The minimum Gasteiger partial charge on any atom is -0.474 e. The highest BCUT2D eigenvalue weighted by Gasteiger charge is 2.29. The Balaban J connectivity index is 1.53. The van der Waals surface area contributed by atoms with Gasteiger partial charge in [-0.1, -0.05) is 11.2 Å². The second-order valence-corrected chi connectivity index (χ2v) is 6.95. The van der Waals surface area contributed by atoms with E-state index in [2.05, 4.69) is 15.0 Å². The van der Waals surface area contributed by atoms with Crippen molar-refractivity contribution in [3.8, 4) is 11.4 Å². The summed E-state index contributed by atoms with van der Waals surface area (Å²) < 4.78 is 11.5. The maximum Gasteiger partial charge on any atom is 0.246 e. The van der Waals surface area contributed by atoms with Crippen LogP contribution in [0.15, 0.2) is 52.5 Å². The summed E-state index contributed by atoms with van der Waals surface area (Å²) >= 11 is 0. The Kier molecular flexibility index (Phi) is 4.66. The second-order valence-electron chi connectivity index (χ2n) is 6.95. The number of carbonyl (C=O) groups is 1. The van der Waals surface area contributed by atoms with Gasteiger partial charge >= 0.3 is 0 Å². The Hall–Kier alpha value is -3.09. The fourth-order valence-electron chi connectivity index (χ4n) is 3.09. The zero-order chi connectivity index (χ0) is 18.8. The van der Waals surface area contributed by atoms with E-state index < -0.39 is 5.91 Å². The van der Waals surface area contributed by atoms with Crippen molar-refractivity contribution in [1.82, 2.24) is 15.0 Å². The van der Waals surface area contributed by atoms with Crippen molar-refractivity contribution >= 4 is 5.91 Å². The molecule has 1 saturated carbocycles. The smallest absolute Gasteiger partial charge is 0.246 e. The molecule has 27 heavy (non-hydrogen) atoms. The molecule has 2 aromatic rings. The molecule has 0 atom stereocenters. The molecule has 0 bridgehead atoms. The highest BCUT2D eigenvalue weighted by Crippen LogP contribution is 2.32. The number of carbonyl (C=O) groups excluding carboxylic acids is 1. The molecule has 3 heterocycles. The van der Waals surface area contributed by atoms with Crippen LogP contribution in [0.25, 0.3) is 11.4 Å². The van der Waals surface area contributed by atoms with Crippen LogP contribution in [0.2, 0.25) is 0 Å². The quantitative estimate of drug-likeness (QED) is 0.809. The molecule has 0 radical (unpaired) electrons. The molecule has 0 unspecified atom stereocenters. The number of hydrogen-bond acceptors (Lipinski definition) is 6. The Morgan fingerprint density at radius 1 is 1.37 bits per heavy atom. The van der Waals surface area contributed by atoms with Gasteiger partial charge in [0.2, 0.25) is 5.91 Å². The molecule has 1 fully saturated rings. The SMILES string of the molecule is Cc1onc(-c2ccccn2)c1COC1=CC=C(C(N)=O)CN1CC1CC1. The lowest BCUT2D eigenvalue weighted by molar-refractivity contribution is -0.114. The van der Waals surface area contributed by atoms with Crippen LogP contribution in [-0.4, -0.2) is 34.0 Å². The summed E-state index contributed by atoms with van der Waals surface area (Å²) in [7, 11) is 0. The highest BCUT2D eigenvalue weighted by molar-refractivity contribution is 5.93. The summed E-state index contributed by atoms with van der Waals surface area (Å²) in [4.78, 5) is 18.0. The van der Waals surface area contributed by atoms with Crippen LogP contribution in [0.3, 0.4) is 0 Å². The summed E-state index contributed by atoms with van der Waals surface area (Å²) in [6, 6.07) is 5.66. The molecule has 7 heteroatoms. The second kappa shape index (κ2) is 7.26. The first-order valence-electron chi connectivity index (χ1n) is 9.06. The van der Waals surface area contributed by atoms with E-state index in [1.165, 1.54) is 12.8 Å². The van der Waals surface area contributed by atoms with Crippen molar-refractivity contribution in [2.24, 2.45) is 11.7 Å². The first kappa shape index (κ1) is 17.3. The van der Waals surface area contributed by atoms with Crippen LogP contribution in [0.1, 0.15) is 24.2 Å². The number of hydrogen-bond donors (Lipinski definition) is 1. The number of primary amides is 1. The van der Waals surface area contributed by atoms with E-state index in [1.54, 1.807) is 12.3 Å². The lowest BCUT2D eigenvalue weighted by Crippen LogP contribution is -2.34. The summed E-state index contributed by atoms with van der Waals surface area (Å²) in [5.41, 5.74) is 8.34. The van der Waals surface area contributed by atoms with Gasteiger partial charge in [0, 0.05) is 18.3 Å². The summed E-state index contributed by atoms with van der Waals surface area (Å²) in [6.45, 7) is 3.52. The van der Waals surface area contributed by atoms with Crippen molar-refractivity contribution in [1.29, 1.82) is 0 Å². The topological polar surface area (TPSA) is 94.5 Å². The van der Waals surface area contributed by atoms with Gasteiger partial charge in [-0.2, -0.15) is 0 Å². The zero-order valence-electron chi connectivity index (χ0n) is 15.2. The molecule has 2 N–H and O–H groups in total. The third-order valence-corrected chi connectivity index (χ3v) is 4.85. The molecule has 0 saturated heterocycles. The number of pyridine rings is 1. The van der Waals surface area contributed by atoms with Crippen molar-refractivity contribution in [2.75, 3.05) is 13.1 Å². The summed E-state index contributed by atoms with van der Waals surface area (Å²) in [6.07, 6.45) is 7.71. The molecule has 140 valence electrons. The average molecular weight is 366 g/mol. The Morgan fingerprint density at radius 2 is 2.22 bits per heavy atom. The molecular weight excluding hydrogens is 344 g/mol. The van der Waals surface area contributed by atoms with Gasteiger partial charge < -0.3 is 19.9 Å². The van der Waals surface area contributed by atoms with Crippen molar-refractivity contribution in [3.05, 3.63) is 59.3 Å². The predicted molar refractivity (Wildman–Crippen MR) is 98.9 cm³/mol. The van der Waals surface area contributed by atoms with Crippen LogP contribution >= 0.6 is 0 Å². The van der Waals surface area contributed by atoms with Gasteiger partial charge in [0.25, 0.3) is 0 Å². The molecule has 2 aromatic heterocycles. The van der Waals surface area contributed by atoms with Gasteiger partial charge in [0.05, 0.1) is 17.8 Å². The maximum absolute atomic E-state index is 11.5. The van der Waals surface area contributed by atoms with E-state index in [0.29, 0.717) is 36.1 Å². The molecular formula is C20H22N4O3. The number of nitrogens with zero attached hydrogens (tertiary/aromatic N) is 3. The van der Waals surface area contributed by atoms with Crippen LogP contribution in [0, 0.1) is 12.8 Å². The van der Waals surface area contributed by atoms with Gasteiger partial charge in [-0.05, 0) is 50.0 Å². The number of allylic oxidation sites excluding steroid dienone is 2. The number of aromatic nitrogens is 2. The lowest BCUT2D eigenvalue weighted by atomic mass is 10.1. The standard InChI is InChI=1S/C20H22N4O3/c1-13-16(19(23-27-13)17-4-2-3-9-22-17)12-26-18-8-7-15(20(21)25)11-24(18)10-14-5-6-14/h2-4,7-9,14H,5-6,10-12H2,1H3,(H2,21,25). The fraction of sp³-hybridized carbons (Fsp3) is 0.350. The summed E-state index contributed by atoms with van der Waals surface area (Å²) in [5.74, 6) is 1.71. The minimum atomic E-state index is -0.390. The Bertz CT molecular complexity index is 897. The van der Waals surface area contributed by atoms with Gasteiger partial charge in [0.15, 0.2) is 5.88 Å². The predicted octanol–water partition coefficient (Wildman–Crippen LogP) is 2.54. The average Bonchev–Trinajstić information content (AvgIpc) is 3.42. The zero-order valence-corrected chi connectivity index (χ0v) is 15.2. The van der Waals surface area contributed by atoms with E-state index in [0.717, 1.165) is 23.7 Å². The normalized spacial score (nSPS) is 16.7.